The Morgan fingerprint density at radius 2 is 1.91 bits per heavy atom. The third-order valence-electron chi connectivity index (χ3n) is 4.27. The number of nitrogens with two attached hydrogens (primary N) is 1. The number of alkyl halides is 2. The van der Waals surface area contributed by atoms with E-state index in [-0.39, 0.29) is 23.3 Å². The first-order valence-corrected chi connectivity index (χ1v) is 9.51. The van der Waals surface area contributed by atoms with Crippen LogP contribution in [-0.4, -0.2) is 40.1 Å². The molecule has 0 aliphatic rings. The number of amides is 2. The van der Waals surface area contributed by atoms with Crippen LogP contribution < -0.4 is 11.1 Å². The number of primary amides is 1. The lowest BCUT2D eigenvalue weighted by Crippen LogP contribution is -2.47. The number of hydrogen-bond donors (Lipinski definition) is 2. The Kier molecular flexibility index (Phi) is 8.28. The van der Waals surface area contributed by atoms with Crippen LogP contribution in [-0.2, 0) is 16.0 Å². The van der Waals surface area contributed by atoms with E-state index in [0.717, 1.165) is 11.8 Å². The number of allylic oxidation sites excluding steroid dienone is 3. The highest BCUT2D eigenvalue weighted by molar-refractivity contribution is 6.38. The van der Waals surface area contributed by atoms with Crippen molar-refractivity contribution in [1.82, 2.24) is 15.1 Å². The molecule has 8 nitrogen and oxygen atoms in total. The van der Waals surface area contributed by atoms with Crippen LogP contribution in [0.4, 0.5) is 8.78 Å². The smallest absolute Gasteiger partial charge is 0.333 e. The number of hydrogen-bond acceptors (Lipinski definition) is 5. The number of aromatic nitrogens is 2. The Morgan fingerprint density at radius 3 is 2.44 bits per heavy atom. The zero-order valence-corrected chi connectivity index (χ0v) is 17.6. The summed E-state index contributed by atoms with van der Waals surface area (Å²) in [5.74, 6) is -3.12. The Balaban J connectivity index is 2.47. The predicted octanol–water partition coefficient (Wildman–Crippen LogP) is 2.68. The van der Waals surface area contributed by atoms with Crippen LogP contribution in [0.5, 0.6) is 0 Å². The fourth-order valence-corrected chi connectivity index (χ4v) is 2.91. The van der Waals surface area contributed by atoms with Gasteiger partial charge in [-0.2, -0.15) is 13.9 Å². The summed E-state index contributed by atoms with van der Waals surface area (Å²) < 4.78 is 26.9. The molecular weight excluding hydrogens is 420 g/mol. The van der Waals surface area contributed by atoms with Crippen LogP contribution in [0.3, 0.4) is 0 Å². The molecule has 0 saturated carbocycles. The lowest BCUT2D eigenvalue weighted by Gasteiger charge is -2.16. The van der Waals surface area contributed by atoms with Gasteiger partial charge in [0.05, 0.1) is 5.56 Å². The van der Waals surface area contributed by atoms with E-state index in [1.165, 1.54) is 6.20 Å². The molecule has 32 heavy (non-hydrogen) atoms. The van der Waals surface area contributed by atoms with E-state index >= 15 is 0 Å². The summed E-state index contributed by atoms with van der Waals surface area (Å²) in [5, 5.41) is 6.23. The number of Topliss-reactive ketones (excluding diaryl/α,β-unsaturated/α-hetero) is 1. The van der Waals surface area contributed by atoms with Crippen molar-refractivity contribution in [3.05, 3.63) is 71.2 Å². The van der Waals surface area contributed by atoms with E-state index in [4.69, 9.17) is 5.73 Å². The monoisotopic (exact) mass is 443 g/mol. The molecule has 1 atom stereocenters. The van der Waals surface area contributed by atoms with Crippen molar-refractivity contribution in [3.8, 4) is 0 Å². The lowest BCUT2D eigenvalue weighted by atomic mass is 10.0. The van der Waals surface area contributed by atoms with Gasteiger partial charge in [-0.15, -0.1) is 0 Å². The zero-order chi connectivity index (χ0) is 23.8. The lowest BCUT2D eigenvalue weighted by molar-refractivity contribution is -0.137. The first-order valence-electron chi connectivity index (χ1n) is 9.51. The first kappa shape index (κ1) is 24.3. The summed E-state index contributed by atoms with van der Waals surface area (Å²) in [6.45, 7) is 3.88. The summed E-state index contributed by atoms with van der Waals surface area (Å²) >= 11 is 0. The molecule has 0 aliphatic heterocycles. The molecule has 1 aromatic heterocycles. The molecule has 0 saturated heterocycles. The number of nitrogens with zero attached hydrogens (tertiary/aromatic N) is 3. The number of ketones is 1. The average molecular weight is 443 g/mol. The standard InChI is InChI=1S/C22H23F2N5O3/c1-13(2)9-15(11-26-3)18-16(12-29(28-18)22(23)24)21(32)27-17(19(30)20(25)31)10-14-7-5-4-6-8-14/h4-9,11-12,17,22H,3,10H2,1-2H3,(H2,25,31)(H,27,32)/b15-11+. The number of nitrogens with one attached hydrogen (secondary N) is 1. The second kappa shape index (κ2) is 10.9. The maximum absolute atomic E-state index is 13.3. The molecule has 2 amide bonds. The maximum atomic E-state index is 13.3. The van der Waals surface area contributed by atoms with Gasteiger partial charge in [0.25, 0.3) is 11.8 Å². The van der Waals surface area contributed by atoms with Crippen molar-refractivity contribution in [1.29, 1.82) is 0 Å². The molecule has 0 aliphatic carbocycles. The molecule has 2 rings (SSSR count). The number of carbonyl (C=O) groups is 3. The Labute approximate surface area is 183 Å². The summed E-state index contributed by atoms with van der Waals surface area (Å²) in [5.41, 5.74) is 6.55. The van der Waals surface area contributed by atoms with Gasteiger partial charge in [-0.1, -0.05) is 42.0 Å². The van der Waals surface area contributed by atoms with Gasteiger partial charge >= 0.3 is 6.55 Å². The number of benzene rings is 1. The van der Waals surface area contributed by atoms with E-state index < -0.39 is 30.2 Å². The molecule has 1 unspecified atom stereocenters. The van der Waals surface area contributed by atoms with E-state index in [2.05, 4.69) is 22.1 Å². The third-order valence-corrected chi connectivity index (χ3v) is 4.27. The van der Waals surface area contributed by atoms with Gasteiger partial charge in [0.1, 0.15) is 11.7 Å². The molecule has 0 bridgehead atoms. The van der Waals surface area contributed by atoms with Crippen LogP contribution in [0.2, 0.25) is 0 Å². The number of aliphatic imine (C=N–C) groups is 1. The highest BCUT2D eigenvalue weighted by atomic mass is 19.3. The second-order valence-electron chi connectivity index (χ2n) is 7.08. The van der Waals surface area contributed by atoms with Gasteiger partial charge in [0.2, 0.25) is 5.78 Å². The minimum Gasteiger partial charge on any atom is -0.363 e. The zero-order valence-electron chi connectivity index (χ0n) is 17.6. The molecule has 0 spiro atoms. The van der Waals surface area contributed by atoms with Crippen molar-refractivity contribution in [3.63, 3.8) is 0 Å². The Hall–Kier alpha value is -3.95. The van der Waals surface area contributed by atoms with Gasteiger partial charge < -0.3 is 11.1 Å². The predicted molar refractivity (Wildman–Crippen MR) is 116 cm³/mol. The van der Waals surface area contributed by atoms with E-state index in [0.29, 0.717) is 10.2 Å². The van der Waals surface area contributed by atoms with Crippen LogP contribution in [0.15, 0.2) is 59.4 Å². The summed E-state index contributed by atoms with van der Waals surface area (Å²) in [7, 11) is 0. The van der Waals surface area contributed by atoms with Crippen molar-refractivity contribution < 1.29 is 23.2 Å². The van der Waals surface area contributed by atoms with Crippen LogP contribution in [0.25, 0.3) is 5.57 Å². The highest BCUT2D eigenvalue weighted by Gasteiger charge is 2.28. The molecule has 168 valence electrons. The van der Waals surface area contributed by atoms with Gasteiger partial charge in [0, 0.05) is 24.4 Å². The Bertz CT molecular complexity index is 1070. The van der Waals surface area contributed by atoms with Crippen molar-refractivity contribution in [2.45, 2.75) is 32.9 Å². The fraction of sp³-hybridized carbons (Fsp3) is 0.227. The quantitative estimate of drug-likeness (QED) is 0.333. The fourth-order valence-electron chi connectivity index (χ4n) is 2.91. The Morgan fingerprint density at radius 1 is 1.25 bits per heavy atom. The first-order chi connectivity index (χ1) is 15.1. The van der Waals surface area contributed by atoms with Crippen LogP contribution >= 0.6 is 0 Å². The van der Waals surface area contributed by atoms with Gasteiger partial charge in [-0.05, 0) is 26.1 Å². The molecule has 10 heteroatoms. The van der Waals surface area contributed by atoms with Crippen molar-refractivity contribution >= 4 is 29.9 Å². The van der Waals surface area contributed by atoms with E-state index in [9.17, 15) is 23.2 Å². The normalized spacial score (nSPS) is 12.2. The summed E-state index contributed by atoms with van der Waals surface area (Å²) in [4.78, 5) is 40.5. The van der Waals surface area contributed by atoms with E-state index in [1.54, 1.807) is 50.3 Å². The van der Waals surface area contributed by atoms with Crippen molar-refractivity contribution in [2.75, 3.05) is 0 Å². The molecule has 1 heterocycles. The van der Waals surface area contributed by atoms with E-state index in [1.807, 2.05) is 0 Å². The topological polar surface area (TPSA) is 119 Å². The minimum atomic E-state index is -3.01. The molecule has 3 N–H and O–H groups in total. The summed E-state index contributed by atoms with van der Waals surface area (Å²) in [6.07, 6.45) is 3.72. The van der Waals surface area contributed by atoms with Gasteiger partial charge in [-0.25, -0.2) is 4.68 Å². The number of halogens is 2. The van der Waals surface area contributed by atoms with Gasteiger partial charge in [-0.3, -0.25) is 19.4 Å². The molecule has 0 fully saturated rings. The second-order valence-corrected chi connectivity index (χ2v) is 7.08. The maximum Gasteiger partial charge on any atom is 0.333 e. The molecular formula is C22H23F2N5O3. The SMILES string of the molecule is C=N/C=C(\C=C(C)C)c1nn(C(F)F)cc1C(=O)NC(Cc1ccccc1)C(=O)C(N)=O. The number of rotatable bonds is 10. The minimum absolute atomic E-state index is 0.0163. The molecule has 1 aromatic carbocycles. The number of carbonyl (C=O) groups excluding carboxylic acids is 3. The summed E-state index contributed by atoms with van der Waals surface area (Å²) in [6, 6.07) is 7.35. The van der Waals surface area contributed by atoms with Crippen LogP contribution in [0, 0.1) is 0 Å². The third kappa shape index (κ3) is 6.27. The highest BCUT2D eigenvalue weighted by Crippen LogP contribution is 2.23. The molecule has 2 aromatic rings. The van der Waals surface area contributed by atoms with Crippen molar-refractivity contribution in [2.24, 2.45) is 10.7 Å². The largest absolute Gasteiger partial charge is 0.363 e. The van der Waals surface area contributed by atoms with Crippen LogP contribution in [0.1, 0.15) is 42.0 Å². The molecule has 0 radical (unpaired) electrons. The van der Waals surface area contributed by atoms with Gasteiger partial charge in [0.15, 0.2) is 0 Å². The average Bonchev–Trinajstić information content (AvgIpc) is 3.18.